The van der Waals surface area contributed by atoms with Gasteiger partial charge in [-0.1, -0.05) is 54.1 Å². The molecule has 1 N–H and O–H groups in total. The van der Waals surface area contributed by atoms with Crippen molar-refractivity contribution in [3.05, 3.63) is 124 Å². The molecular formula is C33H31ClFN3O3S. The Bertz CT molecular complexity index is 1750. The summed E-state index contributed by atoms with van der Waals surface area (Å²) in [6.07, 6.45) is 2.99. The first kappa shape index (κ1) is 28.5. The van der Waals surface area contributed by atoms with Crippen LogP contribution >= 0.6 is 11.6 Å². The molecule has 1 fully saturated rings. The second kappa shape index (κ2) is 11.6. The average molecular weight is 604 g/mol. The molecule has 0 saturated heterocycles. The van der Waals surface area contributed by atoms with Gasteiger partial charge in [0.15, 0.2) is 0 Å². The van der Waals surface area contributed by atoms with E-state index in [1.54, 1.807) is 4.90 Å². The Morgan fingerprint density at radius 2 is 1.86 bits per heavy atom. The van der Waals surface area contributed by atoms with Crippen LogP contribution in [0.1, 0.15) is 59.3 Å². The maximum absolute atomic E-state index is 14.0. The summed E-state index contributed by atoms with van der Waals surface area (Å²) in [5, 5.41) is -0.253. The molecule has 4 aromatic rings. The number of fused-ring (bicyclic) bond motifs is 1. The zero-order valence-corrected chi connectivity index (χ0v) is 24.7. The average Bonchev–Trinajstić information content (AvgIpc) is 3.79. The van der Waals surface area contributed by atoms with E-state index in [4.69, 9.17) is 11.6 Å². The third kappa shape index (κ3) is 5.98. The summed E-state index contributed by atoms with van der Waals surface area (Å²) in [4.78, 5) is 20.4. The predicted octanol–water partition coefficient (Wildman–Crippen LogP) is 6.88. The number of nitrogens with one attached hydrogen (secondary N) is 1. The Morgan fingerprint density at radius 1 is 1.05 bits per heavy atom. The molecule has 0 radical (unpaired) electrons. The summed E-state index contributed by atoms with van der Waals surface area (Å²) in [7, 11) is -3.98. The molecule has 1 heterocycles. The van der Waals surface area contributed by atoms with Gasteiger partial charge in [-0.15, -0.1) is 0 Å². The summed E-state index contributed by atoms with van der Waals surface area (Å²) >= 11 is 5.88. The normalized spacial score (nSPS) is 19.6. The van der Waals surface area contributed by atoms with Gasteiger partial charge < -0.3 is 4.90 Å². The van der Waals surface area contributed by atoms with Crippen LogP contribution in [0.5, 0.6) is 0 Å². The predicted molar refractivity (Wildman–Crippen MR) is 161 cm³/mol. The van der Waals surface area contributed by atoms with Gasteiger partial charge in [0, 0.05) is 23.3 Å². The molecule has 2 aliphatic rings. The Kier molecular flexibility index (Phi) is 7.87. The quantitative estimate of drug-likeness (QED) is 0.238. The maximum Gasteiger partial charge on any atom is 0.241 e. The van der Waals surface area contributed by atoms with E-state index in [1.807, 2.05) is 61.5 Å². The van der Waals surface area contributed by atoms with Gasteiger partial charge in [0.2, 0.25) is 15.9 Å². The van der Waals surface area contributed by atoms with Crippen molar-refractivity contribution in [2.24, 2.45) is 5.92 Å². The highest BCUT2D eigenvalue weighted by Gasteiger charge is 2.46. The largest absolute Gasteiger partial charge is 0.306 e. The number of sulfonamides is 1. The second-order valence-corrected chi connectivity index (χ2v) is 13.2. The third-order valence-corrected chi connectivity index (χ3v) is 9.88. The van der Waals surface area contributed by atoms with Crippen LogP contribution in [0.25, 0.3) is 0 Å². The molecule has 0 aliphatic heterocycles. The van der Waals surface area contributed by atoms with Crippen molar-refractivity contribution in [2.45, 2.75) is 56.0 Å². The third-order valence-electron chi connectivity index (χ3n) is 8.12. The number of amides is 1. The van der Waals surface area contributed by atoms with E-state index in [0.29, 0.717) is 18.7 Å². The van der Waals surface area contributed by atoms with Crippen LogP contribution in [0.15, 0.2) is 89.8 Å². The lowest BCUT2D eigenvalue weighted by atomic mass is 9.87. The van der Waals surface area contributed by atoms with Crippen LogP contribution in [0.2, 0.25) is 5.02 Å². The molecule has 9 heteroatoms. The number of hydrogen-bond acceptors (Lipinski definition) is 4. The van der Waals surface area contributed by atoms with Crippen molar-refractivity contribution in [1.29, 1.82) is 0 Å². The van der Waals surface area contributed by atoms with Crippen molar-refractivity contribution in [2.75, 3.05) is 4.90 Å². The van der Waals surface area contributed by atoms with Gasteiger partial charge in [-0.2, -0.15) is 0 Å². The van der Waals surface area contributed by atoms with Crippen molar-refractivity contribution >= 4 is 33.2 Å². The zero-order chi connectivity index (χ0) is 29.4. The van der Waals surface area contributed by atoms with Crippen LogP contribution in [0.4, 0.5) is 10.1 Å². The number of rotatable bonds is 8. The minimum absolute atomic E-state index is 0.0287. The molecule has 1 amide bonds. The molecule has 6 rings (SSSR count). The van der Waals surface area contributed by atoms with Gasteiger partial charge in [0.1, 0.15) is 5.82 Å². The number of anilines is 1. The first-order valence-corrected chi connectivity index (χ1v) is 15.9. The molecule has 1 aromatic heterocycles. The molecule has 3 aromatic carbocycles. The maximum atomic E-state index is 14.0. The molecule has 0 unspecified atom stereocenters. The number of aryl methyl sites for hydroxylation is 2. The lowest BCUT2D eigenvalue weighted by Crippen LogP contribution is -2.34. The van der Waals surface area contributed by atoms with E-state index in [9.17, 15) is 17.6 Å². The van der Waals surface area contributed by atoms with E-state index in [-0.39, 0.29) is 27.7 Å². The lowest BCUT2D eigenvalue weighted by molar-refractivity contribution is -0.120. The van der Waals surface area contributed by atoms with Crippen LogP contribution in [-0.2, 0) is 27.8 Å². The van der Waals surface area contributed by atoms with Crippen LogP contribution in [0.3, 0.4) is 0 Å². The highest BCUT2D eigenvalue weighted by atomic mass is 35.5. The monoisotopic (exact) mass is 603 g/mol. The number of aromatic nitrogens is 1. The molecule has 216 valence electrons. The number of benzene rings is 3. The number of pyridine rings is 1. The number of halogens is 2. The first-order chi connectivity index (χ1) is 20.2. The van der Waals surface area contributed by atoms with E-state index in [1.165, 1.54) is 6.07 Å². The van der Waals surface area contributed by atoms with Gasteiger partial charge in [0.25, 0.3) is 0 Å². The topological polar surface area (TPSA) is 79.4 Å². The first-order valence-electron chi connectivity index (χ1n) is 14.1. The minimum Gasteiger partial charge on any atom is -0.306 e. The number of nitrogens with zero attached hydrogens (tertiary/aromatic N) is 2. The molecule has 6 nitrogen and oxygen atoms in total. The van der Waals surface area contributed by atoms with Crippen LogP contribution < -0.4 is 9.62 Å². The summed E-state index contributed by atoms with van der Waals surface area (Å²) < 4.78 is 43.1. The smallest absolute Gasteiger partial charge is 0.241 e. The Labute approximate surface area is 250 Å². The fourth-order valence-corrected chi connectivity index (χ4v) is 7.38. The standard InChI is InChI=1S/C33H31ClFN3O3S/c1-21-7-5-11-24(36-21)20-38(33(39)29-19-27(29)22-8-3-2-4-9-22)25-14-13-23-10-6-12-32(28(23)17-25)37-42(40,41)26-15-16-31(35)30(34)18-26/h2-5,7-9,11,13-18,27,29,32,37H,6,10,12,19-20H2,1H3/t27-,29+,32-/m0/s1. The highest BCUT2D eigenvalue weighted by molar-refractivity contribution is 7.89. The molecule has 1 saturated carbocycles. The molecule has 2 aliphatic carbocycles. The SMILES string of the molecule is Cc1cccc(CN(C(=O)[C@@H]2C[C@H]2c2ccccc2)c2ccc3c(c2)[C@@H](NS(=O)(=O)c2ccc(F)c(Cl)c2)CCC3)n1. The number of carbonyl (C=O) groups excluding carboxylic acids is 1. The van der Waals surface area contributed by atoms with Crippen molar-refractivity contribution in [1.82, 2.24) is 9.71 Å². The highest BCUT2D eigenvalue weighted by Crippen LogP contribution is 2.49. The Morgan fingerprint density at radius 3 is 2.62 bits per heavy atom. The molecule has 3 atom stereocenters. The van der Waals surface area contributed by atoms with Crippen LogP contribution in [0, 0.1) is 18.7 Å². The number of hydrogen-bond donors (Lipinski definition) is 1. The molecule has 0 spiro atoms. The van der Waals surface area contributed by atoms with Crippen molar-refractivity contribution in [3.63, 3.8) is 0 Å². The van der Waals surface area contributed by atoms with E-state index in [0.717, 1.165) is 59.5 Å². The van der Waals surface area contributed by atoms with E-state index in [2.05, 4.69) is 21.8 Å². The summed E-state index contributed by atoms with van der Waals surface area (Å²) in [5.41, 5.74) is 5.38. The molecule has 0 bridgehead atoms. The summed E-state index contributed by atoms with van der Waals surface area (Å²) in [5.74, 6) is -0.612. The Balaban J connectivity index is 1.32. The summed E-state index contributed by atoms with van der Waals surface area (Å²) in [6, 6.07) is 24.6. The van der Waals surface area contributed by atoms with Gasteiger partial charge in [-0.3, -0.25) is 9.78 Å². The van der Waals surface area contributed by atoms with E-state index < -0.39 is 21.9 Å². The summed E-state index contributed by atoms with van der Waals surface area (Å²) in [6.45, 7) is 2.23. The van der Waals surface area contributed by atoms with Gasteiger partial charge in [0.05, 0.1) is 22.2 Å². The zero-order valence-electron chi connectivity index (χ0n) is 23.1. The lowest BCUT2D eigenvalue weighted by Gasteiger charge is -2.29. The van der Waals surface area contributed by atoms with Gasteiger partial charge >= 0.3 is 0 Å². The molecular weight excluding hydrogens is 573 g/mol. The van der Waals surface area contributed by atoms with Gasteiger partial charge in [-0.25, -0.2) is 17.5 Å². The fourth-order valence-electron chi connectivity index (χ4n) is 5.86. The van der Waals surface area contributed by atoms with Gasteiger partial charge in [-0.05, 0) is 97.7 Å². The van der Waals surface area contributed by atoms with E-state index >= 15 is 0 Å². The number of carbonyl (C=O) groups is 1. The van der Waals surface area contributed by atoms with Crippen molar-refractivity contribution < 1.29 is 17.6 Å². The minimum atomic E-state index is -3.98. The van der Waals surface area contributed by atoms with Crippen molar-refractivity contribution in [3.8, 4) is 0 Å². The molecule has 42 heavy (non-hydrogen) atoms. The Hall–Kier alpha value is -3.59. The van der Waals surface area contributed by atoms with Crippen LogP contribution in [-0.4, -0.2) is 19.3 Å². The second-order valence-electron chi connectivity index (χ2n) is 11.1. The fraction of sp³-hybridized carbons (Fsp3) is 0.273.